The van der Waals surface area contributed by atoms with Gasteiger partial charge in [0, 0.05) is 24.0 Å². The quantitative estimate of drug-likeness (QED) is 0.548. The number of aromatic nitrogens is 1. The minimum atomic E-state index is 0.689. The van der Waals surface area contributed by atoms with Gasteiger partial charge in [-0.25, -0.2) is 0 Å². The number of hydrogen-bond donors (Lipinski definition) is 2. The first kappa shape index (κ1) is 15.8. The van der Waals surface area contributed by atoms with Crippen LogP contribution in [0.2, 0.25) is 0 Å². The molecule has 0 bridgehead atoms. The standard InChI is InChI=1S/C17H22N2O/c1-3-5-6-7-9-15-12-17(18-13-15)11-10-16(8-4-2)19-14-20/h4-10,12-14,18H,3,11H2,1-2H3,(H,19,20)/b6-5-,8-4-,9-7-,16-10+. The van der Waals surface area contributed by atoms with Crippen LogP contribution in [0.4, 0.5) is 0 Å². The van der Waals surface area contributed by atoms with E-state index in [2.05, 4.69) is 35.4 Å². The Balaban J connectivity index is 2.63. The average molecular weight is 270 g/mol. The zero-order valence-electron chi connectivity index (χ0n) is 12.1. The molecule has 2 N–H and O–H groups in total. The number of H-pyrrole nitrogens is 1. The maximum atomic E-state index is 10.5. The number of carbonyl (C=O) groups is 1. The second-order valence-corrected chi connectivity index (χ2v) is 4.28. The summed E-state index contributed by atoms with van der Waals surface area (Å²) < 4.78 is 0. The smallest absolute Gasteiger partial charge is 0.211 e. The van der Waals surface area contributed by atoms with Crippen LogP contribution in [0.1, 0.15) is 31.5 Å². The lowest BCUT2D eigenvalue weighted by Gasteiger charge is -1.98. The summed E-state index contributed by atoms with van der Waals surface area (Å²) in [7, 11) is 0. The van der Waals surface area contributed by atoms with Crippen LogP contribution in [0.25, 0.3) is 6.08 Å². The van der Waals surface area contributed by atoms with Gasteiger partial charge in [-0.05, 0) is 31.1 Å². The van der Waals surface area contributed by atoms with Gasteiger partial charge < -0.3 is 10.3 Å². The third-order valence-corrected chi connectivity index (χ3v) is 2.65. The van der Waals surface area contributed by atoms with Gasteiger partial charge in [0.1, 0.15) is 0 Å². The van der Waals surface area contributed by atoms with E-state index in [1.807, 2.05) is 43.5 Å². The number of allylic oxidation sites excluding steroid dienone is 6. The Hall–Kier alpha value is -2.29. The van der Waals surface area contributed by atoms with E-state index in [1.54, 1.807) is 0 Å². The third-order valence-electron chi connectivity index (χ3n) is 2.65. The summed E-state index contributed by atoms with van der Waals surface area (Å²) in [5.41, 5.74) is 3.06. The van der Waals surface area contributed by atoms with Gasteiger partial charge in [0.05, 0.1) is 0 Å². The summed E-state index contributed by atoms with van der Waals surface area (Å²) in [6.07, 6.45) is 18.5. The Morgan fingerprint density at radius 2 is 2.25 bits per heavy atom. The summed E-state index contributed by atoms with van der Waals surface area (Å²) in [6, 6.07) is 2.10. The van der Waals surface area contributed by atoms with Crippen molar-refractivity contribution in [3.8, 4) is 0 Å². The molecule has 1 aromatic rings. The van der Waals surface area contributed by atoms with Crippen LogP contribution in [0, 0.1) is 0 Å². The van der Waals surface area contributed by atoms with Crippen LogP contribution in [0.3, 0.4) is 0 Å². The largest absolute Gasteiger partial charge is 0.364 e. The van der Waals surface area contributed by atoms with Gasteiger partial charge in [-0.15, -0.1) is 0 Å². The molecule has 1 amide bonds. The Kier molecular flexibility index (Phi) is 7.58. The maximum absolute atomic E-state index is 10.5. The van der Waals surface area contributed by atoms with Gasteiger partial charge in [-0.1, -0.05) is 43.4 Å². The number of amides is 1. The lowest BCUT2D eigenvalue weighted by atomic mass is 10.2. The molecule has 0 saturated carbocycles. The molecule has 106 valence electrons. The van der Waals surface area contributed by atoms with Crippen LogP contribution in [0.5, 0.6) is 0 Å². The van der Waals surface area contributed by atoms with Crippen LogP contribution >= 0.6 is 0 Å². The lowest BCUT2D eigenvalue weighted by molar-refractivity contribution is -0.108. The third kappa shape index (κ3) is 6.05. The molecular formula is C17H22N2O. The fourth-order valence-electron chi connectivity index (χ4n) is 1.70. The molecule has 0 fully saturated rings. The monoisotopic (exact) mass is 270 g/mol. The summed E-state index contributed by atoms with van der Waals surface area (Å²) in [4.78, 5) is 13.7. The predicted octanol–water partition coefficient (Wildman–Crippen LogP) is 3.74. The van der Waals surface area contributed by atoms with Crippen molar-refractivity contribution in [2.75, 3.05) is 0 Å². The van der Waals surface area contributed by atoms with E-state index in [9.17, 15) is 4.79 Å². The summed E-state index contributed by atoms with van der Waals surface area (Å²) >= 11 is 0. The van der Waals surface area contributed by atoms with Gasteiger partial charge >= 0.3 is 0 Å². The molecule has 1 heterocycles. The van der Waals surface area contributed by atoms with Crippen molar-refractivity contribution in [2.45, 2.75) is 26.7 Å². The van der Waals surface area contributed by atoms with E-state index in [-0.39, 0.29) is 0 Å². The zero-order valence-corrected chi connectivity index (χ0v) is 12.1. The summed E-state index contributed by atoms with van der Waals surface area (Å²) in [5.74, 6) is 0. The summed E-state index contributed by atoms with van der Waals surface area (Å²) in [6.45, 7) is 4.03. The average Bonchev–Trinajstić information content (AvgIpc) is 2.89. The second-order valence-electron chi connectivity index (χ2n) is 4.28. The minimum absolute atomic E-state index is 0.689. The number of carbonyl (C=O) groups excluding carboxylic acids is 1. The van der Waals surface area contributed by atoms with Crippen molar-refractivity contribution in [3.05, 3.63) is 65.7 Å². The molecule has 0 aliphatic carbocycles. The highest BCUT2D eigenvalue weighted by Gasteiger charge is 1.96. The highest BCUT2D eigenvalue weighted by Crippen LogP contribution is 2.08. The lowest BCUT2D eigenvalue weighted by Crippen LogP contribution is -2.08. The first-order chi connectivity index (χ1) is 9.80. The van der Waals surface area contributed by atoms with E-state index in [4.69, 9.17) is 0 Å². The van der Waals surface area contributed by atoms with Crippen LogP contribution in [-0.2, 0) is 11.2 Å². The van der Waals surface area contributed by atoms with Gasteiger partial charge in [0.15, 0.2) is 0 Å². The molecule has 0 aliphatic heterocycles. The minimum Gasteiger partial charge on any atom is -0.364 e. The second kappa shape index (κ2) is 9.62. The molecule has 0 saturated heterocycles. The number of nitrogens with one attached hydrogen (secondary N) is 2. The van der Waals surface area contributed by atoms with E-state index in [0.29, 0.717) is 6.41 Å². The molecule has 0 radical (unpaired) electrons. The molecule has 0 spiro atoms. The van der Waals surface area contributed by atoms with Crippen LogP contribution < -0.4 is 5.32 Å². The molecule has 3 heteroatoms. The first-order valence-corrected chi connectivity index (χ1v) is 6.83. The zero-order chi connectivity index (χ0) is 14.6. The number of aromatic amines is 1. The van der Waals surface area contributed by atoms with Crippen molar-refractivity contribution in [1.29, 1.82) is 0 Å². The Labute approximate surface area is 120 Å². The highest BCUT2D eigenvalue weighted by atomic mass is 16.1. The molecule has 1 aromatic heterocycles. The van der Waals surface area contributed by atoms with Crippen LogP contribution in [0.15, 0.2) is 54.4 Å². The van der Waals surface area contributed by atoms with Gasteiger partial charge in [-0.2, -0.15) is 0 Å². The van der Waals surface area contributed by atoms with Gasteiger partial charge in [-0.3, -0.25) is 4.79 Å². The predicted molar refractivity (Wildman–Crippen MR) is 85.1 cm³/mol. The van der Waals surface area contributed by atoms with E-state index >= 15 is 0 Å². The van der Waals surface area contributed by atoms with Gasteiger partial charge in [0.25, 0.3) is 0 Å². The maximum Gasteiger partial charge on any atom is 0.211 e. The van der Waals surface area contributed by atoms with Crippen molar-refractivity contribution in [1.82, 2.24) is 10.3 Å². The molecule has 1 rings (SSSR count). The molecule has 0 unspecified atom stereocenters. The Morgan fingerprint density at radius 1 is 1.40 bits per heavy atom. The van der Waals surface area contributed by atoms with Crippen LogP contribution in [-0.4, -0.2) is 11.4 Å². The fourth-order valence-corrected chi connectivity index (χ4v) is 1.70. The Morgan fingerprint density at radius 3 is 2.95 bits per heavy atom. The molecule has 0 aromatic carbocycles. The van der Waals surface area contributed by atoms with Gasteiger partial charge in [0.2, 0.25) is 6.41 Å². The van der Waals surface area contributed by atoms with E-state index in [1.165, 1.54) is 0 Å². The van der Waals surface area contributed by atoms with E-state index < -0.39 is 0 Å². The van der Waals surface area contributed by atoms with Crippen molar-refractivity contribution >= 4 is 12.5 Å². The topological polar surface area (TPSA) is 44.9 Å². The Bertz CT molecular complexity index is 519. The summed E-state index contributed by atoms with van der Waals surface area (Å²) in [5, 5.41) is 2.67. The van der Waals surface area contributed by atoms with Crippen molar-refractivity contribution < 1.29 is 4.79 Å². The molecular weight excluding hydrogens is 248 g/mol. The molecule has 0 atom stereocenters. The molecule has 0 aliphatic rings. The SMILES string of the molecule is C/C=C\C(=C/Cc1cc(/C=C\C=C/CC)c[nH]1)NC=O. The molecule has 20 heavy (non-hydrogen) atoms. The van der Waals surface area contributed by atoms with E-state index in [0.717, 1.165) is 29.8 Å². The first-order valence-electron chi connectivity index (χ1n) is 6.83. The number of rotatable bonds is 8. The molecule has 3 nitrogen and oxygen atoms in total. The van der Waals surface area contributed by atoms with Crippen molar-refractivity contribution in [3.63, 3.8) is 0 Å². The van der Waals surface area contributed by atoms with Crippen molar-refractivity contribution in [2.24, 2.45) is 0 Å². The highest BCUT2D eigenvalue weighted by molar-refractivity contribution is 5.52. The normalized spacial score (nSPS) is 12.8. The fraction of sp³-hybridized carbons (Fsp3) is 0.235. The number of hydrogen-bond acceptors (Lipinski definition) is 1.